The highest BCUT2D eigenvalue weighted by atomic mass is 79.9. The first-order chi connectivity index (χ1) is 9.88. The molecule has 0 aromatic heterocycles. The monoisotopic (exact) mass is 377 g/mol. The van der Waals surface area contributed by atoms with Crippen molar-refractivity contribution in [2.24, 2.45) is 0 Å². The van der Waals surface area contributed by atoms with Crippen LogP contribution in [-0.4, -0.2) is 52.3 Å². The molecule has 1 aromatic carbocycles. The van der Waals surface area contributed by atoms with Crippen molar-refractivity contribution in [3.8, 4) is 5.75 Å². The minimum Gasteiger partial charge on any atom is -0.483 e. The summed E-state index contributed by atoms with van der Waals surface area (Å²) >= 11 is 9.06. The first-order valence-electron chi connectivity index (χ1n) is 6.16. The van der Waals surface area contributed by atoms with E-state index >= 15 is 0 Å². The lowest BCUT2D eigenvalue weighted by atomic mass is 10.2. The molecule has 0 aliphatic carbocycles. The molecule has 0 bridgehead atoms. The van der Waals surface area contributed by atoms with E-state index in [-0.39, 0.29) is 19.6 Å². The fraction of sp³-hybridized carbons (Fsp3) is 0.385. The number of aliphatic carboxylic acids is 1. The number of carboxylic acid groups (broad SMARTS) is 1. The number of β-amino-alcohol motifs (C(OH)–C–C–N with tert-alkyl or cyclic N) is 1. The maximum absolute atomic E-state index is 12.0. The number of carbonyl (C=O) groups is 2. The van der Waals surface area contributed by atoms with Crippen molar-refractivity contribution in [2.45, 2.75) is 18.6 Å². The molecule has 1 saturated heterocycles. The number of hydrogen-bond acceptors (Lipinski definition) is 4. The molecular weight excluding hydrogens is 366 g/mol. The molecule has 1 aromatic rings. The van der Waals surface area contributed by atoms with E-state index in [0.717, 1.165) is 4.90 Å². The molecular formula is C13H13BrClNO5. The topological polar surface area (TPSA) is 87.1 Å². The number of carboxylic acids is 1. The normalized spacial score (nSPS) is 21.4. The number of halogens is 2. The van der Waals surface area contributed by atoms with Crippen molar-refractivity contribution in [1.29, 1.82) is 0 Å². The number of hydrogen-bond donors (Lipinski definition) is 2. The van der Waals surface area contributed by atoms with Crippen LogP contribution in [0.4, 0.5) is 0 Å². The lowest BCUT2D eigenvalue weighted by Gasteiger charge is -2.21. The Balaban J connectivity index is 1.99. The summed E-state index contributed by atoms with van der Waals surface area (Å²) in [4.78, 5) is 24.2. The van der Waals surface area contributed by atoms with Gasteiger partial charge in [0.15, 0.2) is 6.61 Å². The fourth-order valence-electron chi connectivity index (χ4n) is 2.14. The van der Waals surface area contributed by atoms with Gasteiger partial charge in [-0.2, -0.15) is 0 Å². The number of rotatable bonds is 4. The van der Waals surface area contributed by atoms with Crippen molar-refractivity contribution in [1.82, 2.24) is 4.90 Å². The van der Waals surface area contributed by atoms with Crippen molar-refractivity contribution in [3.05, 3.63) is 27.7 Å². The van der Waals surface area contributed by atoms with Crippen LogP contribution in [0.3, 0.4) is 0 Å². The van der Waals surface area contributed by atoms with Crippen LogP contribution in [0, 0.1) is 0 Å². The molecule has 8 heteroatoms. The van der Waals surface area contributed by atoms with Gasteiger partial charge in [-0.25, -0.2) is 4.79 Å². The summed E-state index contributed by atoms with van der Waals surface area (Å²) in [5.41, 5.74) is 0. The summed E-state index contributed by atoms with van der Waals surface area (Å²) in [5.74, 6) is -1.19. The Bertz CT molecular complexity index is 567. The number of carbonyl (C=O) groups excluding carboxylic acids is 1. The van der Waals surface area contributed by atoms with Gasteiger partial charge in [0.1, 0.15) is 11.8 Å². The highest BCUT2D eigenvalue weighted by Gasteiger charge is 2.38. The van der Waals surface area contributed by atoms with E-state index in [9.17, 15) is 14.7 Å². The van der Waals surface area contributed by atoms with E-state index in [4.69, 9.17) is 21.4 Å². The number of nitrogens with zero attached hydrogens (tertiary/aromatic N) is 1. The summed E-state index contributed by atoms with van der Waals surface area (Å²) in [5, 5.41) is 19.1. The minimum atomic E-state index is -1.13. The van der Waals surface area contributed by atoms with Crippen molar-refractivity contribution in [3.63, 3.8) is 0 Å². The Hall–Kier alpha value is -1.31. The van der Waals surface area contributed by atoms with Crippen LogP contribution in [0.15, 0.2) is 22.7 Å². The second-order valence-corrected chi connectivity index (χ2v) is 5.94. The first kappa shape index (κ1) is 16.1. The quantitative estimate of drug-likeness (QED) is 0.830. The molecule has 21 heavy (non-hydrogen) atoms. The largest absolute Gasteiger partial charge is 0.483 e. The summed E-state index contributed by atoms with van der Waals surface area (Å²) in [6, 6.07) is 3.84. The standard InChI is InChI=1S/C13H13BrClNO5/c14-9-3-7(15)1-2-11(9)21-6-12(18)16-5-8(17)4-10(16)13(19)20/h1-3,8,10,17H,4-6H2,(H,19,20). The molecule has 1 aliphatic heterocycles. The van der Waals surface area contributed by atoms with E-state index in [1.165, 1.54) is 0 Å². The van der Waals surface area contributed by atoms with E-state index in [0.29, 0.717) is 15.2 Å². The highest BCUT2D eigenvalue weighted by Crippen LogP contribution is 2.28. The maximum Gasteiger partial charge on any atom is 0.326 e. The third-order valence-corrected chi connectivity index (χ3v) is 3.98. The smallest absolute Gasteiger partial charge is 0.326 e. The molecule has 1 fully saturated rings. The van der Waals surface area contributed by atoms with Gasteiger partial charge in [0.05, 0.1) is 10.6 Å². The van der Waals surface area contributed by atoms with Gasteiger partial charge in [-0.15, -0.1) is 0 Å². The first-order valence-corrected chi connectivity index (χ1v) is 7.33. The molecule has 1 heterocycles. The van der Waals surface area contributed by atoms with Crippen LogP contribution in [0.5, 0.6) is 5.75 Å². The molecule has 1 aliphatic rings. The fourth-order valence-corrected chi connectivity index (χ4v) is 2.94. The second kappa shape index (κ2) is 6.64. The molecule has 0 spiro atoms. The molecule has 2 rings (SSSR count). The summed E-state index contributed by atoms with van der Waals surface area (Å²) < 4.78 is 5.95. The van der Waals surface area contributed by atoms with Crippen LogP contribution < -0.4 is 4.74 Å². The third-order valence-electron chi connectivity index (χ3n) is 3.13. The Kier molecular flexibility index (Phi) is 5.08. The van der Waals surface area contributed by atoms with E-state index < -0.39 is 24.0 Å². The van der Waals surface area contributed by atoms with E-state index in [2.05, 4.69) is 15.9 Å². The van der Waals surface area contributed by atoms with Crippen LogP contribution in [0.2, 0.25) is 5.02 Å². The molecule has 6 nitrogen and oxygen atoms in total. The summed E-state index contributed by atoms with van der Waals surface area (Å²) in [6.45, 7) is -0.308. The van der Waals surface area contributed by atoms with Crippen LogP contribution >= 0.6 is 27.5 Å². The molecule has 114 valence electrons. The van der Waals surface area contributed by atoms with Gasteiger partial charge in [0.25, 0.3) is 5.91 Å². The predicted molar refractivity (Wildman–Crippen MR) is 78.4 cm³/mol. The Morgan fingerprint density at radius 2 is 2.19 bits per heavy atom. The van der Waals surface area contributed by atoms with Gasteiger partial charge >= 0.3 is 5.97 Å². The van der Waals surface area contributed by atoms with Crippen LogP contribution in [-0.2, 0) is 9.59 Å². The molecule has 2 atom stereocenters. The lowest BCUT2D eigenvalue weighted by molar-refractivity contribution is -0.149. The molecule has 0 saturated carbocycles. The van der Waals surface area contributed by atoms with Crippen LogP contribution in [0.1, 0.15) is 6.42 Å². The molecule has 1 amide bonds. The second-order valence-electron chi connectivity index (χ2n) is 4.65. The molecule has 2 N–H and O–H groups in total. The van der Waals surface area contributed by atoms with Gasteiger partial charge in [-0.3, -0.25) is 4.79 Å². The Morgan fingerprint density at radius 3 is 2.81 bits per heavy atom. The predicted octanol–water partition coefficient (Wildman–Crippen LogP) is 1.53. The van der Waals surface area contributed by atoms with Crippen LogP contribution in [0.25, 0.3) is 0 Å². The average Bonchev–Trinajstić information content (AvgIpc) is 2.80. The number of likely N-dealkylation sites (tertiary alicyclic amines) is 1. The van der Waals surface area contributed by atoms with Gasteiger partial charge in [-0.05, 0) is 34.1 Å². The van der Waals surface area contributed by atoms with Gasteiger partial charge < -0.3 is 19.8 Å². The van der Waals surface area contributed by atoms with E-state index in [1.807, 2.05) is 0 Å². The molecule has 0 radical (unpaired) electrons. The Morgan fingerprint density at radius 1 is 1.48 bits per heavy atom. The number of aliphatic hydroxyl groups excluding tert-OH is 1. The highest BCUT2D eigenvalue weighted by molar-refractivity contribution is 9.10. The summed E-state index contributed by atoms with van der Waals surface area (Å²) in [6.07, 6.45) is -0.788. The molecule has 2 unspecified atom stereocenters. The Labute approximate surface area is 134 Å². The maximum atomic E-state index is 12.0. The average molecular weight is 379 g/mol. The number of benzene rings is 1. The zero-order valence-electron chi connectivity index (χ0n) is 10.8. The lowest BCUT2D eigenvalue weighted by Crippen LogP contribution is -2.42. The minimum absolute atomic E-state index is 0.000940. The zero-order valence-corrected chi connectivity index (χ0v) is 13.2. The number of amides is 1. The number of aliphatic hydroxyl groups is 1. The van der Waals surface area contributed by atoms with Crippen molar-refractivity contribution in [2.75, 3.05) is 13.2 Å². The van der Waals surface area contributed by atoms with Crippen molar-refractivity contribution < 1.29 is 24.5 Å². The van der Waals surface area contributed by atoms with Gasteiger partial charge in [-0.1, -0.05) is 11.6 Å². The zero-order chi connectivity index (χ0) is 15.6. The summed E-state index contributed by atoms with van der Waals surface area (Å²) in [7, 11) is 0. The third kappa shape index (κ3) is 3.87. The van der Waals surface area contributed by atoms with Gasteiger partial charge in [0, 0.05) is 18.0 Å². The van der Waals surface area contributed by atoms with E-state index in [1.54, 1.807) is 18.2 Å². The number of ether oxygens (including phenoxy) is 1. The van der Waals surface area contributed by atoms with Crippen molar-refractivity contribution >= 4 is 39.4 Å². The SMILES string of the molecule is O=C(O)C1CC(O)CN1C(=O)COc1ccc(Cl)cc1Br. The van der Waals surface area contributed by atoms with Gasteiger partial charge in [0.2, 0.25) is 0 Å².